The Morgan fingerprint density at radius 1 is 0.979 bits per heavy atom. The van der Waals surface area contributed by atoms with Crippen molar-refractivity contribution < 1.29 is 32.6 Å². The minimum absolute atomic E-state index is 0.0479. The van der Waals surface area contributed by atoms with Gasteiger partial charge in [-0.15, -0.1) is 21.5 Å². The number of nitrogens with zero attached hydrogens (tertiary/aromatic N) is 5. The van der Waals surface area contributed by atoms with Crippen molar-refractivity contribution in [3.8, 4) is 11.7 Å². The summed E-state index contributed by atoms with van der Waals surface area (Å²) in [7, 11) is 4.11. The second kappa shape index (κ2) is 15.4. The first-order chi connectivity index (χ1) is 22.5. The molecule has 5 aromatic rings. The molecule has 0 atom stereocenters. The number of nitrogens with two attached hydrogens (primary N) is 1. The smallest absolute Gasteiger partial charge is 0.410 e. The van der Waals surface area contributed by atoms with Crippen molar-refractivity contribution in [2.75, 3.05) is 21.3 Å². The molecule has 2 N–H and O–H groups in total. The van der Waals surface area contributed by atoms with Gasteiger partial charge < -0.3 is 24.8 Å². The van der Waals surface area contributed by atoms with Gasteiger partial charge in [0.25, 0.3) is 5.56 Å². The number of fused-ring (bicyclic) bond motifs is 1. The number of halogens is 3. The van der Waals surface area contributed by atoms with Crippen LogP contribution in [0.5, 0.6) is 5.88 Å². The summed E-state index contributed by atoms with van der Waals surface area (Å²) in [6.07, 6.45) is -1.39. The van der Waals surface area contributed by atoms with Crippen LogP contribution in [0.25, 0.3) is 16.0 Å². The van der Waals surface area contributed by atoms with Crippen LogP contribution in [-0.4, -0.2) is 57.7 Å². The van der Waals surface area contributed by atoms with Crippen LogP contribution in [0.4, 0.5) is 18.4 Å². The molecule has 47 heavy (non-hydrogen) atoms. The Balaban J connectivity index is 0.000000930. The summed E-state index contributed by atoms with van der Waals surface area (Å²) < 4.78 is 46.0. The molecule has 0 saturated carbocycles. The highest BCUT2D eigenvalue weighted by molar-refractivity contribution is 9.11. The standard InChI is InChI=1S/C28H22BrF2N5O5S.C2H5NO2/c1-34(28(39)41-15-16-7-4-3-5-8-16)13-18-23-25(37)36(21-11-12-22(40-2)33-32-21)27(38)35(26(23)42-24(18)29)14-17-19(30)9-6-10-20(17)31;1-5-2(3)4/h3-12H,13-15H2,1-2H3;1H3,(H2,3,4). The number of benzene rings is 2. The number of rotatable bonds is 8. The lowest BCUT2D eigenvalue weighted by Crippen LogP contribution is -2.40. The largest absolute Gasteiger partial charge is 0.480 e. The number of thiophene rings is 1. The van der Waals surface area contributed by atoms with Gasteiger partial charge in [-0.2, -0.15) is 0 Å². The number of carbonyl (C=O) groups is 2. The van der Waals surface area contributed by atoms with Gasteiger partial charge in [0.05, 0.1) is 36.5 Å². The van der Waals surface area contributed by atoms with Gasteiger partial charge in [-0.3, -0.25) is 9.36 Å². The molecule has 0 spiro atoms. The molecule has 17 heteroatoms. The van der Waals surface area contributed by atoms with Crippen molar-refractivity contribution in [2.45, 2.75) is 19.7 Å². The van der Waals surface area contributed by atoms with E-state index in [2.05, 4.69) is 36.6 Å². The Morgan fingerprint density at radius 2 is 1.64 bits per heavy atom. The van der Waals surface area contributed by atoms with E-state index in [0.717, 1.165) is 38.2 Å². The molecule has 0 fully saturated rings. The minimum atomic E-state index is -0.884. The van der Waals surface area contributed by atoms with Gasteiger partial charge in [0.1, 0.15) is 23.1 Å². The highest BCUT2D eigenvalue weighted by Gasteiger charge is 2.26. The normalized spacial score (nSPS) is 10.6. The first-order valence-corrected chi connectivity index (χ1v) is 15.1. The summed E-state index contributed by atoms with van der Waals surface area (Å²) in [5, 5.41) is 7.85. The third kappa shape index (κ3) is 7.98. The van der Waals surface area contributed by atoms with Crippen molar-refractivity contribution in [1.29, 1.82) is 0 Å². The molecule has 0 aliphatic rings. The molecular weight excluding hydrogens is 706 g/mol. The first kappa shape index (κ1) is 34.7. The Hall–Kier alpha value is -5.16. The van der Waals surface area contributed by atoms with E-state index in [-0.39, 0.29) is 40.6 Å². The molecule has 0 aliphatic heterocycles. The Morgan fingerprint density at radius 3 is 2.21 bits per heavy atom. The van der Waals surface area contributed by atoms with Gasteiger partial charge in [0.15, 0.2) is 5.82 Å². The van der Waals surface area contributed by atoms with Crippen LogP contribution in [-0.2, 0) is 29.2 Å². The third-order valence-corrected chi connectivity index (χ3v) is 8.59. The van der Waals surface area contributed by atoms with Crippen LogP contribution in [0.1, 0.15) is 16.7 Å². The van der Waals surface area contributed by atoms with Gasteiger partial charge in [0.2, 0.25) is 5.88 Å². The molecule has 0 aliphatic carbocycles. The van der Waals surface area contributed by atoms with Crippen molar-refractivity contribution in [1.82, 2.24) is 24.2 Å². The summed E-state index contributed by atoms with van der Waals surface area (Å²) in [5.41, 5.74) is 3.61. The highest BCUT2D eigenvalue weighted by Crippen LogP contribution is 2.34. The van der Waals surface area contributed by atoms with E-state index in [1.54, 1.807) is 0 Å². The van der Waals surface area contributed by atoms with E-state index in [1.807, 2.05) is 30.3 Å². The fourth-order valence-corrected chi connectivity index (χ4v) is 6.05. The van der Waals surface area contributed by atoms with Gasteiger partial charge in [-0.05, 0) is 39.7 Å². The SMILES string of the molecule is COC(N)=O.COc1ccc(-n2c(=O)c3c(CN(C)C(=O)OCc4ccccc4)c(Br)sc3n(Cc3c(F)cccc3F)c2=O)nn1. The van der Waals surface area contributed by atoms with Gasteiger partial charge in [0, 0.05) is 24.2 Å². The highest BCUT2D eigenvalue weighted by atomic mass is 79.9. The number of aromatic nitrogens is 4. The van der Waals surface area contributed by atoms with E-state index < -0.39 is 41.6 Å². The molecular formula is C30H27BrF2N6O7S. The predicted molar refractivity (Wildman–Crippen MR) is 172 cm³/mol. The number of hydrogen-bond donors (Lipinski definition) is 1. The van der Waals surface area contributed by atoms with Crippen LogP contribution in [0.2, 0.25) is 0 Å². The van der Waals surface area contributed by atoms with E-state index in [0.29, 0.717) is 9.35 Å². The molecule has 0 unspecified atom stereocenters. The van der Waals surface area contributed by atoms with Crippen molar-refractivity contribution in [2.24, 2.45) is 5.73 Å². The van der Waals surface area contributed by atoms with Crippen LogP contribution in [0, 0.1) is 11.6 Å². The number of amides is 2. The quantitative estimate of drug-likeness (QED) is 0.241. The predicted octanol–water partition coefficient (Wildman–Crippen LogP) is 4.58. The van der Waals surface area contributed by atoms with E-state index in [4.69, 9.17) is 9.47 Å². The maximum atomic E-state index is 14.7. The van der Waals surface area contributed by atoms with Gasteiger partial charge in [-0.25, -0.2) is 27.7 Å². The molecule has 246 valence electrons. The summed E-state index contributed by atoms with van der Waals surface area (Å²) in [4.78, 5) is 51.2. The maximum Gasteiger partial charge on any atom is 0.410 e. The first-order valence-electron chi connectivity index (χ1n) is 13.5. The molecule has 0 radical (unpaired) electrons. The number of carbonyl (C=O) groups excluding carboxylic acids is 2. The maximum absolute atomic E-state index is 14.7. The minimum Gasteiger partial charge on any atom is -0.480 e. The van der Waals surface area contributed by atoms with Crippen molar-refractivity contribution >= 4 is 49.7 Å². The van der Waals surface area contributed by atoms with Gasteiger partial charge >= 0.3 is 17.9 Å². The lowest BCUT2D eigenvalue weighted by Gasteiger charge is -2.17. The lowest BCUT2D eigenvalue weighted by molar-refractivity contribution is 0.103. The monoisotopic (exact) mass is 732 g/mol. The number of ether oxygens (including phenoxy) is 3. The van der Waals surface area contributed by atoms with E-state index in [9.17, 15) is 28.0 Å². The fourth-order valence-electron chi connectivity index (χ4n) is 4.24. The van der Waals surface area contributed by atoms with Crippen LogP contribution >= 0.6 is 27.3 Å². The molecule has 0 saturated heterocycles. The van der Waals surface area contributed by atoms with Crippen LogP contribution < -0.4 is 21.7 Å². The summed E-state index contributed by atoms with van der Waals surface area (Å²) in [6.45, 7) is -0.546. The topological polar surface area (TPSA) is 161 Å². The Kier molecular flexibility index (Phi) is 11.4. The fraction of sp³-hybridized carbons (Fsp3) is 0.200. The average Bonchev–Trinajstić information content (AvgIpc) is 3.39. The molecule has 2 aromatic carbocycles. The second-order valence-corrected chi connectivity index (χ2v) is 11.9. The molecule has 2 amide bonds. The van der Waals surface area contributed by atoms with E-state index in [1.165, 1.54) is 44.4 Å². The van der Waals surface area contributed by atoms with E-state index >= 15 is 0 Å². The summed E-state index contributed by atoms with van der Waals surface area (Å²) in [6, 6.07) is 15.3. The molecule has 5 rings (SSSR count). The summed E-state index contributed by atoms with van der Waals surface area (Å²) >= 11 is 4.48. The molecule has 13 nitrogen and oxygen atoms in total. The zero-order valence-corrected chi connectivity index (χ0v) is 27.5. The number of hydrogen-bond acceptors (Lipinski definition) is 10. The molecule has 3 heterocycles. The van der Waals surface area contributed by atoms with Gasteiger partial charge in [-0.1, -0.05) is 36.4 Å². The van der Waals surface area contributed by atoms with Crippen LogP contribution in [0.15, 0.2) is 74.0 Å². The zero-order valence-electron chi connectivity index (χ0n) is 25.1. The Bertz CT molecular complexity index is 2000. The molecule has 3 aromatic heterocycles. The Labute approximate surface area is 277 Å². The average molecular weight is 734 g/mol. The lowest BCUT2D eigenvalue weighted by atomic mass is 10.2. The van der Waals surface area contributed by atoms with Crippen molar-refractivity contribution in [3.63, 3.8) is 0 Å². The second-order valence-electron chi connectivity index (χ2n) is 9.60. The number of primary amides is 1. The van der Waals surface area contributed by atoms with Crippen molar-refractivity contribution in [3.05, 3.63) is 114 Å². The number of methoxy groups -OCH3 is 2. The zero-order chi connectivity index (χ0) is 34.2. The molecule has 0 bridgehead atoms. The summed E-state index contributed by atoms with van der Waals surface area (Å²) in [5.74, 6) is -1.68. The third-order valence-electron chi connectivity index (χ3n) is 6.58. The van der Waals surface area contributed by atoms with Crippen LogP contribution in [0.3, 0.4) is 0 Å².